The number of hydrogen-bond donors (Lipinski definition) is 0. The zero-order valence-electron chi connectivity index (χ0n) is 10.2. The molecule has 20 heavy (non-hydrogen) atoms. The minimum atomic E-state index is -0.937. The van der Waals surface area contributed by atoms with Crippen molar-refractivity contribution in [1.82, 2.24) is 4.98 Å². The molecule has 0 aliphatic carbocycles. The predicted octanol–water partition coefficient (Wildman–Crippen LogP) is 0.547. The number of aromatic nitrogens is 1. The third-order valence-corrected chi connectivity index (χ3v) is 2.84. The van der Waals surface area contributed by atoms with Crippen molar-refractivity contribution in [3.8, 4) is 0 Å². The van der Waals surface area contributed by atoms with Crippen LogP contribution in [0.4, 0.5) is 17.2 Å². The Labute approximate surface area is 112 Å². The number of anilines is 1. The number of aldehydes is 1. The van der Waals surface area contributed by atoms with Gasteiger partial charge in [0.1, 0.15) is 5.56 Å². The summed E-state index contributed by atoms with van der Waals surface area (Å²) in [5.74, 6) is -0.115. The molecule has 2 rings (SSSR count). The molecular weight excluding hydrogens is 272 g/mol. The first-order valence-electron chi connectivity index (χ1n) is 5.66. The number of carbonyl (C=O) groups is 1. The number of hydrogen-bond acceptors (Lipinski definition) is 8. The highest BCUT2D eigenvalue weighted by Crippen LogP contribution is 2.37. The number of rotatable bonds is 4. The van der Waals surface area contributed by atoms with E-state index in [1.165, 1.54) is 4.90 Å². The molecule has 0 unspecified atom stereocenters. The van der Waals surface area contributed by atoms with E-state index < -0.39 is 26.8 Å². The van der Waals surface area contributed by atoms with Gasteiger partial charge in [-0.15, -0.1) is 0 Å². The molecule has 1 aromatic rings. The van der Waals surface area contributed by atoms with Crippen LogP contribution in [0.25, 0.3) is 0 Å². The summed E-state index contributed by atoms with van der Waals surface area (Å²) in [6.07, 6.45) is 1.16. The monoisotopic (exact) mass is 282 g/mol. The largest absolute Gasteiger partial charge is 0.388 e. The molecule has 0 aromatic carbocycles. The first kappa shape index (κ1) is 13.8. The van der Waals surface area contributed by atoms with Crippen molar-refractivity contribution in [3.63, 3.8) is 0 Å². The van der Waals surface area contributed by atoms with Gasteiger partial charge in [0.25, 0.3) is 0 Å². The number of nitro groups is 2. The maximum atomic E-state index is 11.1. The van der Waals surface area contributed by atoms with E-state index >= 15 is 0 Å². The molecule has 10 nitrogen and oxygen atoms in total. The zero-order chi connectivity index (χ0) is 14.7. The van der Waals surface area contributed by atoms with Gasteiger partial charge in [-0.05, 0) is 0 Å². The Bertz CT molecular complexity index is 569. The van der Waals surface area contributed by atoms with Crippen molar-refractivity contribution in [2.45, 2.75) is 0 Å². The van der Waals surface area contributed by atoms with E-state index in [2.05, 4.69) is 4.98 Å². The molecule has 1 saturated heterocycles. The van der Waals surface area contributed by atoms with E-state index in [-0.39, 0.29) is 12.1 Å². The molecule has 0 saturated carbocycles. The molecule has 0 radical (unpaired) electrons. The lowest BCUT2D eigenvalue weighted by molar-refractivity contribution is -0.422. The normalized spacial score (nSPS) is 14.9. The Morgan fingerprint density at radius 2 is 1.80 bits per heavy atom. The summed E-state index contributed by atoms with van der Waals surface area (Å²) in [6, 6.07) is 0. The first-order valence-corrected chi connectivity index (χ1v) is 5.66. The van der Waals surface area contributed by atoms with Crippen LogP contribution >= 0.6 is 0 Å². The van der Waals surface area contributed by atoms with E-state index in [1.807, 2.05) is 0 Å². The smallest absolute Gasteiger partial charge is 0.378 e. The maximum absolute atomic E-state index is 11.1. The molecule has 0 atom stereocenters. The van der Waals surface area contributed by atoms with Crippen LogP contribution in [0.15, 0.2) is 6.20 Å². The van der Waals surface area contributed by atoms with Gasteiger partial charge in [-0.3, -0.25) is 25.0 Å². The van der Waals surface area contributed by atoms with Crippen LogP contribution in [0.2, 0.25) is 0 Å². The lowest BCUT2D eigenvalue weighted by atomic mass is 10.2. The molecule has 1 aliphatic rings. The van der Waals surface area contributed by atoms with E-state index in [1.54, 1.807) is 0 Å². The van der Waals surface area contributed by atoms with E-state index in [0.717, 1.165) is 6.20 Å². The standard InChI is InChI=1S/C10H10N4O6/c15-6-7-5-11-10(12-1-3-20-4-2-12)9(14(18)19)8(7)13(16)17/h5-6H,1-4H2. The van der Waals surface area contributed by atoms with Crippen molar-refractivity contribution >= 4 is 23.5 Å². The fourth-order valence-electron chi connectivity index (χ4n) is 1.95. The Balaban J connectivity index is 2.62. The SMILES string of the molecule is O=Cc1cnc(N2CCOCC2)c([N+](=O)[O-])c1[N+](=O)[O-]. The van der Waals surface area contributed by atoms with Gasteiger partial charge < -0.3 is 9.64 Å². The fourth-order valence-corrected chi connectivity index (χ4v) is 1.95. The van der Waals surface area contributed by atoms with Crippen molar-refractivity contribution in [2.75, 3.05) is 31.2 Å². The number of pyridine rings is 1. The third kappa shape index (κ3) is 2.40. The summed E-state index contributed by atoms with van der Waals surface area (Å²) >= 11 is 0. The Hall–Kier alpha value is -2.62. The lowest BCUT2D eigenvalue weighted by Crippen LogP contribution is -2.37. The minimum Gasteiger partial charge on any atom is -0.378 e. The van der Waals surface area contributed by atoms with Crippen LogP contribution in [0.1, 0.15) is 10.4 Å². The third-order valence-electron chi connectivity index (χ3n) is 2.84. The van der Waals surface area contributed by atoms with E-state index in [9.17, 15) is 25.0 Å². The summed E-state index contributed by atoms with van der Waals surface area (Å²) in [4.78, 5) is 36.5. The molecule has 0 amide bonds. The molecule has 2 heterocycles. The fraction of sp³-hybridized carbons (Fsp3) is 0.400. The number of morpholine rings is 1. The topological polar surface area (TPSA) is 129 Å². The van der Waals surface area contributed by atoms with Gasteiger partial charge in [0, 0.05) is 19.3 Å². The molecule has 0 N–H and O–H groups in total. The van der Waals surface area contributed by atoms with Gasteiger partial charge >= 0.3 is 11.4 Å². The minimum absolute atomic E-state index is 0.115. The van der Waals surface area contributed by atoms with Crippen molar-refractivity contribution in [3.05, 3.63) is 32.0 Å². The summed E-state index contributed by atoms with van der Waals surface area (Å²) in [5.41, 5.74) is -2.01. The summed E-state index contributed by atoms with van der Waals surface area (Å²) in [5, 5.41) is 22.2. The van der Waals surface area contributed by atoms with Crippen molar-refractivity contribution in [1.29, 1.82) is 0 Å². The molecule has 10 heteroatoms. The number of ether oxygens (including phenoxy) is 1. The lowest BCUT2D eigenvalue weighted by Gasteiger charge is -2.27. The Morgan fingerprint density at radius 1 is 1.20 bits per heavy atom. The van der Waals surface area contributed by atoms with Gasteiger partial charge in [-0.2, -0.15) is 0 Å². The molecule has 1 fully saturated rings. The summed E-state index contributed by atoms with van der Waals surface area (Å²) in [6.45, 7) is 1.38. The molecular formula is C10H10N4O6. The van der Waals surface area contributed by atoms with Crippen LogP contribution in [0, 0.1) is 20.2 Å². The predicted molar refractivity (Wildman–Crippen MR) is 66.0 cm³/mol. The van der Waals surface area contributed by atoms with Crippen molar-refractivity contribution in [2.24, 2.45) is 0 Å². The van der Waals surface area contributed by atoms with E-state index in [4.69, 9.17) is 4.74 Å². The molecule has 1 aliphatic heterocycles. The highest BCUT2D eigenvalue weighted by molar-refractivity contribution is 5.87. The second-order valence-corrected chi connectivity index (χ2v) is 3.97. The van der Waals surface area contributed by atoms with Crippen LogP contribution in [0.5, 0.6) is 0 Å². The Morgan fingerprint density at radius 3 is 2.30 bits per heavy atom. The average molecular weight is 282 g/mol. The quantitative estimate of drug-likeness (QED) is 0.444. The molecule has 106 valence electrons. The second kappa shape index (κ2) is 5.57. The van der Waals surface area contributed by atoms with Crippen molar-refractivity contribution < 1.29 is 19.4 Å². The first-order chi connectivity index (χ1) is 9.56. The zero-order valence-corrected chi connectivity index (χ0v) is 10.2. The molecule has 0 bridgehead atoms. The summed E-state index contributed by atoms with van der Waals surface area (Å²) in [7, 11) is 0. The molecule has 0 spiro atoms. The maximum Gasteiger partial charge on any atom is 0.388 e. The highest BCUT2D eigenvalue weighted by atomic mass is 16.6. The van der Waals surface area contributed by atoms with Gasteiger partial charge in [-0.25, -0.2) is 4.98 Å². The van der Waals surface area contributed by atoms with Crippen LogP contribution in [0.3, 0.4) is 0 Å². The number of carbonyl (C=O) groups excluding carboxylic acids is 1. The second-order valence-electron chi connectivity index (χ2n) is 3.97. The van der Waals surface area contributed by atoms with Gasteiger partial charge in [0.05, 0.1) is 23.1 Å². The van der Waals surface area contributed by atoms with Crippen LogP contribution in [-0.2, 0) is 4.74 Å². The van der Waals surface area contributed by atoms with Gasteiger partial charge in [0.15, 0.2) is 6.29 Å². The van der Waals surface area contributed by atoms with Crippen LogP contribution < -0.4 is 4.90 Å². The highest BCUT2D eigenvalue weighted by Gasteiger charge is 2.36. The van der Waals surface area contributed by atoms with Gasteiger partial charge in [-0.1, -0.05) is 0 Å². The van der Waals surface area contributed by atoms with Crippen LogP contribution in [-0.4, -0.2) is 47.4 Å². The van der Waals surface area contributed by atoms with E-state index in [0.29, 0.717) is 26.3 Å². The average Bonchev–Trinajstić information content (AvgIpc) is 2.46. The van der Waals surface area contributed by atoms with Gasteiger partial charge in [0.2, 0.25) is 5.82 Å². The molecule has 1 aromatic heterocycles. The number of nitrogens with zero attached hydrogens (tertiary/aromatic N) is 4. The Kier molecular flexibility index (Phi) is 3.84. The summed E-state index contributed by atoms with van der Waals surface area (Å²) < 4.78 is 5.11.